The zero-order valence-corrected chi connectivity index (χ0v) is 18.0. The molecule has 1 saturated heterocycles. The van der Waals surface area contributed by atoms with E-state index in [1.54, 1.807) is 7.11 Å². The van der Waals surface area contributed by atoms with Crippen molar-refractivity contribution in [2.24, 2.45) is 0 Å². The highest BCUT2D eigenvalue weighted by Gasteiger charge is 2.33. The molecule has 2 aliphatic heterocycles. The van der Waals surface area contributed by atoms with Gasteiger partial charge in [0.2, 0.25) is 5.91 Å². The minimum Gasteiger partial charge on any atom is -0.497 e. The van der Waals surface area contributed by atoms with Crippen LogP contribution in [0.15, 0.2) is 29.1 Å². The minimum absolute atomic E-state index is 0.0529. The van der Waals surface area contributed by atoms with Gasteiger partial charge in [0.25, 0.3) is 5.56 Å². The fraction of sp³-hybridized carbons (Fsp3) is 0.522. The predicted octanol–water partition coefficient (Wildman–Crippen LogP) is 2.45. The van der Waals surface area contributed by atoms with Crippen molar-refractivity contribution in [2.45, 2.75) is 58.2 Å². The van der Waals surface area contributed by atoms with Crippen LogP contribution in [0.1, 0.15) is 55.4 Å². The lowest BCUT2D eigenvalue weighted by Crippen LogP contribution is -2.40. The third-order valence-corrected chi connectivity index (χ3v) is 6.23. The van der Waals surface area contributed by atoms with Gasteiger partial charge >= 0.3 is 0 Å². The second-order valence-corrected chi connectivity index (χ2v) is 8.46. The van der Waals surface area contributed by atoms with Crippen LogP contribution < -0.4 is 10.3 Å². The Hall–Kier alpha value is -2.67. The van der Waals surface area contributed by atoms with Gasteiger partial charge in [-0.05, 0) is 44.4 Å². The Morgan fingerprint density at radius 3 is 2.93 bits per heavy atom. The van der Waals surface area contributed by atoms with E-state index in [1.165, 1.54) is 0 Å². The molecule has 0 unspecified atom stereocenters. The van der Waals surface area contributed by atoms with Crippen LogP contribution in [0.25, 0.3) is 0 Å². The van der Waals surface area contributed by atoms with E-state index in [4.69, 9.17) is 9.72 Å². The molecule has 7 nitrogen and oxygen atoms in total. The van der Waals surface area contributed by atoms with E-state index in [2.05, 4.69) is 23.7 Å². The second-order valence-electron chi connectivity index (χ2n) is 8.46. The Kier molecular flexibility index (Phi) is 5.90. The maximum Gasteiger partial charge on any atom is 0.255 e. The average Bonchev–Trinajstić information content (AvgIpc) is 3.23. The van der Waals surface area contributed by atoms with Crippen molar-refractivity contribution in [1.82, 2.24) is 19.8 Å². The molecule has 1 atom stereocenters. The molecule has 1 fully saturated rings. The molecule has 160 valence electrons. The summed E-state index contributed by atoms with van der Waals surface area (Å²) < 4.78 is 5.26. The number of nitrogens with one attached hydrogen (secondary N) is 1. The highest BCUT2D eigenvalue weighted by atomic mass is 16.5. The molecular formula is C23H30N4O3. The Bertz CT molecular complexity index is 985. The van der Waals surface area contributed by atoms with Gasteiger partial charge in [-0.2, -0.15) is 0 Å². The Balaban J connectivity index is 1.54. The summed E-state index contributed by atoms with van der Waals surface area (Å²) in [6, 6.07) is 7.83. The van der Waals surface area contributed by atoms with E-state index in [0.717, 1.165) is 48.4 Å². The number of hydrogen-bond donors (Lipinski definition) is 1. The molecule has 30 heavy (non-hydrogen) atoms. The molecule has 1 aromatic carbocycles. The highest BCUT2D eigenvalue weighted by molar-refractivity contribution is 5.79. The van der Waals surface area contributed by atoms with Crippen LogP contribution in [0.5, 0.6) is 5.75 Å². The summed E-state index contributed by atoms with van der Waals surface area (Å²) in [4.78, 5) is 37.8. The molecule has 4 rings (SSSR count). The number of amides is 1. The summed E-state index contributed by atoms with van der Waals surface area (Å²) in [6.07, 6.45) is 2.82. The number of aromatic amines is 1. The number of carbonyl (C=O) groups excluding carboxylic acids is 1. The van der Waals surface area contributed by atoms with Crippen LogP contribution in [0.4, 0.5) is 0 Å². The number of rotatable bonds is 5. The van der Waals surface area contributed by atoms with Gasteiger partial charge in [-0.1, -0.05) is 12.1 Å². The molecule has 0 saturated carbocycles. The van der Waals surface area contributed by atoms with E-state index in [1.807, 2.05) is 29.2 Å². The van der Waals surface area contributed by atoms with Crippen LogP contribution in [-0.2, 0) is 24.2 Å². The SMILES string of the molecule is COc1cccc(CC(=O)N2CCC[C@H]2c2nc3c(c(=O)[nH]2)CN(C(C)C)CC3)c1. The van der Waals surface area contributed by atoms with Crippen molar-refractivity contribution in [3.8, 4) is 5.75 Å². The molecular weight excluding hydrogens is 380 g/mol. The first-order chi connectivity index (χ1) is 14.5. The summed E-state index contributed by atoms with van der Waals surface area (Å²) in [5.41, 5.74) is 2.52. The number of ether oxygens (including phenoxy) is 1. The summed E-state index contributed by atoms with van der Waals surface area (Å²) in [5, 5.41) is 0. The summed E-state index contributed by atoms with van der Waals surface area (Å²) in [5.74, 6) is 1.43. The maximum atomic E-state index is 13.0. The Labute approximate surface area is 177 Å². The van der Waals surface area contributed by atoms with Gasteiger partial charge in [-0.25, -0.2) is 4.98 Å². The maximum absolute atomic E-state index is 13.0. The number of aromatic nitrogens is 2. The van der Waals surface area contributed by atoms with Crippen molar-refractivity contribution in [1.29, 1.82) is 0 Å². The lowest BCUT2D eigenvalue weighted by atomic mass is 10.0. The van der Waals surface area contributed by atoms with Crippen LogP contribution in [0, 0.1) is 0 Å². The van der Waals surface area contributed by atoms with Gasteiger partial charge in [-0.3, -0.25) is 14.5 Å². The third-order valence-electron chi connectivity index (χ3n) is 6.23. The summed E-state index contributed by atoms with van der Waals surface area (Å²) in [7, 11) is 1.62. The number of benzene rings is 1. The highest BCUT2D eigenvalue weighted by Crippen LogP contribution is 2.31. The van der Waals surface area contributed by atoms with E-state index in [-0.39, 0.29) is 17.5 Å². The third kappa shape index (κ3) is 4.12. The standard InChI is InChI=1S/C23H30N4O3/c1-15(2)26-11-9-19-18(14-26)23(29)25-22(24-19)20-8-5-10-27(20)21(28)13-16-6-4-7-17(12-16)30-3/h4,6-7,12,15,20H,5,8-11,13-14H2,1-3H3,(H,24,25,29)/t20-/m0/s1. The number of H-pyrrole nitrogens is 1. The molecule has 0 radical (unpaired) electrons. The quantitative estimate of drug-likeness (QED) is 0.819. The molecule has 7 heteroatoms. The van der Waals surface area contributed by atoms with Gasteiger partial charge in [0.15, 0.2) is 0 Å². The summed E-state index contributed by atoms with van der Waals surface area (Å²) >= 11 is 0. The van der Waals surface area contributed by atoms with Crippen LogP contribution >= 0.6 is 0 Å². The largest absolute Gasteiger partial charge is 0.497 e. The van der Waals surface area contributed by atoms with Gasteiger partial charge < -0.3 is 14.6 Å². The number of likely N-dealkylation sites (tertiary alicyclic amines) is 1. The van der Waals surface area contributed by atoms with E-state index in [9.17, 15) is 9.59 Å². The first-order valence-electron chi connectivity index (χ1n) is 10.7. The number of hydrogen-bond acceptors (Lipinski definition) is 5. The molecule has 2 aliphatic rings. The fourth-order valence-corrected chi connectivity index (χ4v) is 4.47. The number of nitrogens with zero attached hydrogens (tertiary/aromatic N) is 3. The van der Waals surface area contributed by atoms with Crippen molar-refractivity contribution < 1.29 is 9.53 Å². The Morgan fingerprint density at radius 2 is 2.17 bits per heavy atom. The molecule has 0 aliphatic carbocycles. The zero-order chi connectivity index (χ0) is 21.3. The van der Waals surface area contributed by atoms with Crippen molar-refractivity contribution in [3.63, 3.8) is 0 Å². The zero-order valence-electron chi connectivity index (χ0n) is 18.0. The average molecular weight is 411 g/mol. The molecule has 1 amide bonds. The lowest BCUT2D eigenvalue weighted by Gasteiger charge is -2.31. The normalized spacial score (nSPS) is 19.2. The molecule has 1 N–H and O–H groups in total. The molecule has 3 heterocycles. The first-order valence-corrected chi connectivity index (χ1v) is 10.7. The van der Waals surface area contributed by atoms with Gasteiger partial charge in [0.1, 0.15) is 11.6 Å². The lowest BCUT2D eigenvalue weighted by molar-refractivity contribution is -0.131. The van der Waals surface area contributed by atoms with Crippen LogP contribution in [0.3, 0.4) is 0 Å². The topological polar surface area (TPSA) is 78.5 Å². The Morgan fingerprint density at radius 1 is 1.33 bits per heavy atom. The molecule has 0 bridgehead atoms. The smallest absolute Gasteiger partial charge is 0.255 e. The first kappa shape index (κ1) is 20.6. The van der Waals surface area contributed by atoms with Crippen molar-refractivity contribution in [2.75, 3.05) is 20.2 Å². The van der Waals surface area contributed by atoms with Gasteiger partial charge in [-0.15, -0.1) is 0 Å². The van der Waals surface area contributed by atoms with E-state index < -0.39 is 0 Å². The number of fused-ring (bicyclic) bond motifs is 1. The van der Waals surface area contributed by atoms with E-state index >= 15 is 0 Å². The fourth-order valence-electron chi connectivity index (χ4n) is 4.47. The van der Waals surface area contributed by atoms with Crippen molar-refractivity contribution in [3.05, 3.63) is 57.3 Å². The number of methoxy groups -OCH3 is 1. The molecule has 0 spiro atoms. The van der Waals surface area contributed by atoms with E-state index in [0.29, 0.717) is 31.4 Å². The van der Waals surface area contributed by atoms with Gasteiger partial charge in [0.05, 0.1) is 30.8 Å². The van der Waals surface area contributed by atoms with Crippen LogP contribution in [-0.4, -0.2) is 51.9 Å². The summed E-state index contributed by atoms with van der Waals surface area (Å²) in [6.45, 7) is 6.52. The second kappa shape index (κ2) is 8.60. The minimum atomic E-state index is -0.163. The number of carbonyl (C=O) groups is 1. The monoisotopic (exact) mass is 410 g/mol. The molecule has 2 aromatic rings. The van der Waals surface area contributed by atoms with Gasteiger partial charge in [0, 0.05) is 32.1 Å². The molecule has 1 aromatic heterocycles. The predicted molar refractivity (Wildman–Crippen MR) is 114 cm³/mol. The van der Waals surface area contributed by atoms with Crippen molar-refractivity contribution >= 4 is 5.91 Å². The van der Waals surface area contributed by atoms with Crippen LogP contribution in [0.2, 0.25) is 0 Å².